The average Bonchev–Trinajstić information content (AvgIpc) is 3.41. The van der Waals surface area contributed by atoms with Crippen LogP contribution < -0.4 is 15.6 Å². The molecule has 3 aromatic heterocycles. The van der Waals surface area contributed by atoms with Gasteiger partial charge in [-0.25, -0.2) is 23.2 Å². The highest BCUT2D eigenvalue weighted by Crippen LogP contribution is 2.32. The second kappa shape index (κ2) is 10.8. The molecule has 0 unspecified atom stereocenters. The third-order valence-electron chi connectivity index (χ3n) is 6.45. The number of pyridine rings is 2. The Morgan fingerprint density at radius 1 is 1.07 bits per heavy atom. The molecule has 0 saturated heterocycles. The number of para-hydroxylation sites is 1. The fourth-order valence-electron chi connectivity index (χ4n) is 4.47. The van der Waals surface area contributed by atoms with E-state index in [1.54, 1.807) is 31.2 Å². The zero-order valence-electron chi connectivity index (χ0n) is 21.5. The molecule has 13 heteroatoms. The van der Waals surface area contributed by atoms with Gasteiger partial charge in [0.1, 0.15) is 5.82 Å². The van der Waals surface area contributed by atoms with Crippen LogP contribution in [0.4, 0.5) is 23.2 Å². The molecule has 0 aliphatic carbocycles. The largest absolute Gasteiger partial charge is 0.478 e. The number of benzene rings is 2. The number of aromatic carboxylic acids is 1. The summed E-state index contributed by atoms with van der Waals surface area (Å²) in [7, 11) is 1.44. The number of anilines is 1. The molecule has 41 heavy (non-hydrogen) atoms. The molecular weight excluding hydrogens is 546 g/mol. The summed E-state index contributed by atoms with van der Waals surface area (Å²) >= 11 is 0. The molecule has 3 heterocycles. The van der Waals surface area contributed by atoms with Crippen molar-refractivity contribution in [1.29, 1.82) is 0 Å². The van der Waals surface area contributed by atoms with Crippen LogP contribution in [0.3, 0.4) is 0 Å². The smallest absolute Gasteiger partial charge is 0.337 e. The van der Waals surface area contributed by atoms with Crippen LogP contribution in [0, 0.1) is 11.6 Å². The molecule has 2 N–H and O–H groups in total. The van der Waals surface area contributed by atoms with Crippen molar-refractivity contribution in [2.45, 2.75) is 19.5 Å². The van der Waals surface area contributed by atoms with Gasteiger partial charge in [-0.1, -0.05) is 12.1 Å². The van der Waals surface area contributed by atoms with Crippen molar-refractivity contribution < 1.29 is 32.2 Å². The number of nitrogens with one attached hydrogen (secondary N) is 1. The highest BCUT2D eigenvalue weighted by molar-refractivity contribution is 5.94. The van der Waals surface area contributed by atoms with Crippen molar-refractivity contribution in [1.82, 2.24) is 19.3 Å². The summed E-state index contributed by atoms with van der Waals surface area (Å²) in [6, 6.07) is 10.6. The van der Waals surface area contributed by atoms with Gasteiger partial charge in [-0.3, -0.25) is 4.79 Å². The summed E-state index contributed by atoms with van der Waals surface area (Å²) in [5.74, 6) is -3.39. The Bertz CT molecular complexity index is 1850. The Morgan fingerprint density at radius 2 is 1.83 bits per heavy atom. The molecule has 0 saturated carbocycles. The first kappa shape index (κ1) is 27.4. The Kier molecular flexibility index (Phi) is 7.18. The number of rotatable bonds is 8. The zero-order valence-corrected chi connectivity index (χ0v) is 21.5. The molecule has 0 aliphatic rings. The number of alkyl halides is 2. The monoisotopic (exact) mass is 567 g/mol. The second-order valence-electron chi connectivity index (χ2n) is 9.11. The van der Waals surface area contributed by atoms with Crippen LogP contribution in [0.5, 0.6) is 11.6 Å². The number of carboxylic acid groups (broad SMARTS) is 1. The minimum absolute atomic E-state index is 0.0158. The molecule has 0 radical (unpaired) electrons. The lowest BCUT2D eigenvalue weighted by Gasteiger charge is -2.20. The van der Waals surface area contributed by atoms with Gasteiger partial charge in [-0.05, 0) is 54.3 Å². The summed E-state index contributed by atoms with van der Waals surface area (Å²) in [5, 5.41) is 16.4. The number of nitrogens with zero attached hydrogens (tertiary/aromatic N) is 4. The van der Waals surface area contributed by atoms with Crippen molar-refractivity contribution in [3.05, 3.63) is 100 Å². The zero-order chi connectivity index (χ0) is 29.4. The Hall–Kier alpha value is -5.20. The van der Waals surface area contributed by atoms with E-state index in [1.807, 2.05) is 0 Å². The summed E-state index contributed by atoms with van der Waals surface area (Å²) in [5.41, 5.74) is 0.556. The summed E-state index contributed by atoms with van der Waals surface area (Å²) in [6.07, 6.45) is 3.11. The van der Waals surface area contributed by atoms with Crippen LogP contribution in [-0.2, 0) is 7.05 Å². The first-order valence-electron chi connectivity index (χ1n) is 12.1. The molecule has 210 valence electrons. The van der Waals surface area contributed by atoms with Crippen molar-refractivity contribution in [2.24, 2.45) is 7.05 Å². The topological polar surface area (TPSA) is 111 Å². The predicted octanol–water partition coefficient (Wildman–Crippen LogP) is 6.13. The van der Waals surface area contributed by atoms with Crippen LogP contribution in [0.15, 0.2) is 71.9 Å². The molecule has 0 aliphatic heterocycles. The Morgan fingerprint density at radius 3 is 2.51 bits per heavy atom. The van der Waals surface area contributed by atoms with Gasteiger partial charge in [0.05, 0.1) is 29.0 Å². The number of carboxylic acids is 1. The van der Waals surface area contributed by atoms with Gasteiger partial charge >= 0.3 is 12.5 Å². The van der Waals surface area contributed by atoms with Crippen LogP contribution in [0.1, 0.15) is 35.4 Å². The predicted molar refractivity (Wildman–Crippen MR) is 141 cm³/mol. The molecule has 2 aromatic carbocycles. The second-order valence-corrected chi connectivity index (χ2v) is 9.11. The molecule has 1 atom stereocenters. The SMILES string of the molecule is C[C@@H](Nc1ccccc1C(=O)O)c1cc(F)cc2c(=O)n(C)c(-c3cnc(Oc4cnn(C(F)F)c4)c(F)c3)cc12. The van der Waals surface area contributed by atoms with Crippen molar-refractivity contribution in [2.75, 3.05) is 5.32 Å². The third kappa shape index (κ3) is 5.33. The van der Waals surface area contributed by atoms with E-state index in [0.29, 0.717) is 21.3 Å². The first-order chi connectivity index (χ1) is 19.5. The van der Waals surface area contributed by atoms with E-state index in [0.717, 1.165) is 24.5 Å². The quantitative estimate of drug-likeness (QED) is 0.217. The minimum Gasteiger partial charge on any atom is -0.478 e. The first-order valence-corrected chi connectivity index (χ1v) is 12.1. The molecule has 9 nitrogen and oxygen atoms in total. The van der Waals surface area contributed by atoms with E-state index < -0.39 is 41.6 Å². The maximum atomic E-state index is 15.0. The van der Waals surface area contributed by atoms with Crippen molar-refractivity contribution in [3.63, 3.8) is 0 Å². The number of aromatic nitrogens is 4. The molecule has 0 amide bonds. The molecule has 5 rings (SSSR count). The maximum Gasteiger partial charge on any atom is 0.337 e. The van der Waals surface area contributed by atoms with Crippen LogP contribution in [0.2, 0.25) is 0 Å². The normalized spacial score (nSPS) is 12.1. The van der Waals surface area contributed by atoms with Crippen molar-refractivity contribution in [3.8, 4) is 22.9 Å². The van der Waals surface area contributed by atoms with E-state index in [9.17, 15) is 32.3 Å². The summed E-state index contributed by atoms with van der Waals surface area (Å²) < 4.78 is 62.0. The number of carbonyl (C=O) groups is 1. The van der Waals surface area contributed by atoms with Gasteiger partial charge in [0.25, 0.3) is 11.4 Å². The molecule has 5 aromatic rings. The van der Waals surface area contributed by atoms with Gasteiger partial charge in [-0.2, -0.15) is 13.9 Å². The number of hydrogen-bond donors (Lipinski definition) is 2. The maximum absolute atomic E-state index is 15.0. The molecular formula is C28H21F4N5O4. The Labute approximate surface area is 229 Å². The number of halogens is 4. The Balaban J connectivity index is 1.55. The van der Waals surface area contributed by atoms with Crippen LogP contribution in [0.25, 0.3) is 22.0 Å². The standard InChI is InChI=1S/C28H21F4N5O4/c1-14(35-23-6-4-3-5-18(23)27(39)40)19-8-16(29)9-21-20(19)10-24(36(2)26(21)38)15-7-22(30)25(33-11-15)41-17-12-34-37(13-17)28(31)32/h3-14,28,35H,1-2H3,(H,39,40)/t14-/m1/s1. The van der Waals surface area contributed by atoms with E-state index in [1.165, 1.54) is 29.9 Å². The summed E-state index contributed by atoms with van der Waals surface area (Å²) in [6.45, 7) is -1.21. The molecule has 0 spiro atoms. The van der Waals surface area contributed by atoms with Crippen LogP contribution in [-0.4, -0.2) is 30.4 Å². The van der Waals surface area contributed by atoms with E-state index in [4.69, 9.17) is 4.74 Å². The minimum atomic E-state index is -2.90. The van der Waals surface area contributed by atoms with E-state index in [2.05, 4.69) is 15.4 Å². The van der Waals surface area contributed by atoms with E-state index >= 15 is 0 Å². The van der Waals surface area contributed by atoms with Crippen LogP contribution >= 0.6 is 0 Å². The number of fused-ring (bicyclic) bond motifs is 1. The summed E-state index contributed by atoms with van der Waals surface area (Å²) in [4.78, 5) is 28.9. The lowest BCUT2D eigenvalue weighted by molar-refractivity contribution is 0.0563. The highest BCUT2D eigenvalue weighted by atomic mass is 19.3. The molecule has 0 fully saturated rings. The number of ether oxygens (including phenoxy) is 1. The highest BCUT2D eigenvalue weighted by Gasteiger charge is 2.20. The van der Waals surface area contributed by atoms with Gasteiger partial charge in [0.15, 0.2) is 11.6 Å². The van der Waals surface area contributed by atoms with Gasteiger partial charge in [0.2, 0.25) is 0 Å². The number of hydrogen-bond acceptors (Lipinski definition) is 6. The fraction of sp³-hybridized carbons (Fsp3) is 0.143. The van der Waals surface area contributed by atoms with Gasteiger partial charge in [0, 0.05) is 30.5 Å². The van der Waals surface area contributed by atoms with Crippen molar-refractivity contribution >= 4 is 22.4 Å². The van der Waals surface area contributed by atoms with Gasteiger partial charge < -0.3 is 19.7 Å². The lowest BCUT2D eigenvalue weighted by Crippen LogP contribution is -2.20. The fourth-order valence-corrected chi connectivity index (χ4v) is 4.47. The average molecular weight is 567 g/mol. The van der Waals surface area contributed by atoms with E-state index in [-0.39, 0.29) is 28.0 Å². The van der Waals surface area contributed by atoms with Gasteiger partial charge in [-0.15, -0.1) is 0 Å². The molecule has 0 bridgehead atoms. The lowest BCUT2D eigenvalue weighted by atomic mass is 9.97. The third-order valence-corrected chi connectivity index (χ3v) is 6.45.